The average Bonchev–Trinajstić information content (AvgIpc) is 3.29. The highest BCUT2D eigenvalue weighted by molar-refractivity contribution is 5.76. The molecule has 0 radical (unpaired) electrons. The number of unbranched alkanes of at least 4 members (excludes halogenated alkanes) is 18. The molecule has 0 aliphatic rings. The molecule has 63 heavy (non-hydrogen) atoms. The Morgan fingerprint density at radius 1 is 0.397 bits per heavy atom. The number of aliphatic hydroxyl groups is 2. The van der Waals surface area contributed by atoms with Gasteiger partial charge in [-0.25, -0.2) is 0 Å². The largest absolute Gasteiger partial charge is 0.394 e. The molecule has 0 fully saturated rings. The van der Waals surface area contributed by atoms with E-state index in [9.17, 15) is 15.0 Å². The Balaban J connectivity index is 3.74. The first kappa shape index (κ1) is 59.5. The minimum absolute atomic E-state index is 0.111. The van der Waals surface area contributed by atoms with Crippen LogP contribution in [0.4, 0.5) is 0 Å². The zero-order valence-corrected chi connectivity index (χ0v) is 40.8. The van der Waals surface area contributed by atoms with Gasteiger partial charge >= 0.3 is 0 Å². The zero-order valence-electron chi connectivity index (χ0n) is 40.8. The van der Waals surface area contributed by atoms with Crippen LogP contribution >= 0.6 is 0 Å². The number of allylic oxidation sites excluding steroid dienone is 21. The Hall–Kier alpha value is -3.47. The number of rotatable bonds is 45. The molecule has 0 aromatic heterocycles. The Kier molecular flexibility index (Phi) is 50.0. The summed E-state index contributed by atoms with van der Waals surface area (Å²) in [7, 11) is 0. The van der Waals surface area contributed by atoms with E-state index in [1.165, 1.54) is 89.9 Å². The van der Waals surface area contributed by atoms with Crippen LogP contribution < -0.4 is 5.32 Å². The molecule has 356 valence electrons. The third-order valence-corrected chi connectivity index (χ3v) is 10.9. The van der Waals surface area contributed by atoms with Crippen molar-refractivity contribution in [1.82, 2.24) is 5.32 Å². The monoisotopic (exact) mass is 868 g/mol. The SMILES string of the molecule is CC/C=C\C/C=C\C/C=C\C/C=C\C/C=C\C/C=C\C/C=C\C/C=C\C/C=C\CCCCCC(=O)NC(CO)C(O)/C=C/CC/C=C/CCCCCCCCCCCCCCCC. The van der Waals surface area contributed by atoms with Crippen molar-refractivity contribution in [3.05, 3.63) is 134 Å². The summed E-state index contributed by atoms with van der Waals surface area (Å²) in [5.41, 5.74) is 0. The summed E-state index contributed by atoms with van der Waals surface area (Å²) in [6.45, 7) is 4.16. The molecule has 0 saturated carbocycles. The Bertz CT molecular complexity index is 1310. The Morgan fingerprint density at radius 3 is 1.11 bits per heavy atom. The van der Waals surface area contributed by atoms with Crippen LogP contribution in [0.2, 0.25) is 0 Å². The predicted molar refractivity (Wildman–Crippen MR) is 280 cm³/mol. The molecule has 4 heteroatoms. The summed E-state index contributed by atoms with van der Waals surface area (Å²) < 4.78 is 0. The van der Waals surface area contributed by atoms with Gasteiger partial charge in [0.25, 0.3) is 0 Å². The third kappa shape index (κ3) is 49.4. The van der Waals surface area contributed by atoms with Gasteiger partial charge in [-0.2, -0.15) is 0 Å². The van der Waals surface area contributed by atoms with E-state index >= 15 is 0 Å². The molecule has 0 saturated heterocycles. The van der Waals surface area contributed by atoms with Crippen LogP contribution in [-0.2, 0) is 4.79 Å². The summed E-state index contributed by atoms with van der Waals surface area (Å²) in [4.78, 5) is 12.4. The van der Waals surface area contributed by atoms with Crippen molar-refractivity contribution in [2.45, 2.75) is 225 Å². The van der Waals surface area contributed by atoms with E-state index in [2.05, 4.69) is 141 Å². The minimum Gasteiger partial charge on any atom is -0.394 e. The van der Waals surface area contributed by atoms with E-state index in [0.29, 0.717) is 6.42 Å². The number of carbonyl (C=O) groups excluding carboxylic acids is 1. The summed E-state index contributed by atoms with van der Waals surface area (Å²) >= 11 is 0. The van der Waals surface area contributed by atoms with E-state index in [0.717, 1.165) is 103 Å². The van der Waals surface area contributed by atoms with Crippen molar-refractivity contribution in [2.24, 2.45) is 0 Å². The summed E-state index contributed by atoms with van der Waals surface area (Å²) in [5.74, 6) is -0.111. The molecule has 0 rings (SSSR count). The molecule has 0 bridgehead atoms. The molecular weight excluding hydrogens is 771 g/mol. The number of aliphatic hydroxyl groups excluding tert-OH is 2. The van der Waals surface area contributed by atoms with Crippen LogP contribution in [0.15, 0.2) is 134 Å². The molecule has 0 spiro atoms. The van der Waals surface area contributed by atoms with Gasteiger partial charge < -0.3 is 15.5 Å². The summed E-state index contributed by atoms with van der Waals surface area (Å²) in [6, 6.07) is -0.668. The molecule has 0 aromatic carbocycles. The maximum atomic E-state index is 12.4. The number of carbonyl (C=O) groups is 1. The lowest BCUT2D eigenvalue weighted by atomic mass is 10.0. The van der Waals surface area contributed by atoms with Crippen molar-refractivity contribution >= 4 is 5.91 Å². The van der Waals surface area contributed by atoms with E-state index in [1.54, 1.807) is 6.08 Å². The molecular formula is C59H97NO3. The molecule has 1 amide bonds. The molecule has 2 atom stereocenters. The van der Waals surface area contributed by atoms with E-state index in [1.807, 2.05) is 6.08 Å². The van der Waals surface area contributed by atoms with Crippen LogP contribution in [0.3, 0.4) is 0 Å². The molecule has 0 heterocycles. The van der Waals surface area contributed by atoms with Gasteiger partial charge in [-0.1, -0.05) is 237 Å². The number of amides is 1. The molecule has 0 aromatic rings. The third-order valence-electron chi connectivity index (χ3n) is 10.9. The van der Waals surface area contributed by atoms with Crippen molar-refractivity contribution < 1.29 is 15.0 Å². The van der Waals surface area contributed by atoms with Gasteiger partial charge in [-0.15, -0.1) is 0 Å². The fourth-order valence-corrected chi connectivity index (χ4v) is 6.95. The van der Waals surface area contributed by atoms with Gasteiger partial charge in [0, 0.05) is 6.42 Å². The first-order chi connectivity index (χ1) is 31.2. The second-order valence-corrected chi connectivity index (χ2v) is 16.8. The zero-order chi connectivity index (χ0) is 45.6. The minimum atomic E-state index is -0.887. The highest BCUT2D eigenvalue weighted by Gasteiger charge is 2.17. The topological polar surface area (TPSA) is 69.6 Å². The van der Waals surface area contributed by atoms with Crippen molar-refractivity contribution in [3.63, 3.8) is 0 Å². The van der Waals surface area contributed by atoms with Gasteiger partial charge in [0.1, 0.15) is 0 Å². The fraction of sp³-hybridized carbons (Fsp3) is 0.610. The average molecular weight is 868 g/mol. The number of hydrogen-bond acceptors (Lipinski definition) is 3. The number of hydrogen-bond donors (Lipinski definition) is 3. The Labute approximate surface area is 390 Å². The summed E-state index contributed by atoms with van der Waals surface area (Å²) in [5, 5.41) is 23.1. The van der Waals surface area contributed by atoms with Gasteiger partial charge in [0.05, 0.1) is 18.8 Å². The van der Waals surface area contributed by atoms with Crippen LogP contribution in [0.25, 0.3) is 0 Å². The van der Waals surface area contributed by atoms with Crippen LogP contribution in [-0.4, -0.2) is 34.9 Å². The van der Waals surface area contributed by atoms with Gasteiger partial charge in [0.2, 0.25) is 5.91 Å². The maximum Gasteiger partial charge on any atom is 0.220 e. The lowest BCUT2D eigenvalue weighted by Crippen LogP contribution is -2.45. The first-order valence-corrected chi connectivity index (χ1v) is 25.9. The van der Waals surface area contributed by atoms with E-state index in [-0.39, 0.29) is 12.5 Å². The molecule has 4 nitrogen and oxygen atoms in total. The molecule has 0 aliphatic heterocycles. The maximum absolute atomic E-state index is 12.4. The van der Waals surface area contributed by atoms with E-state index in [4.69, 9.17) is 0 Å². The fourth-order valence-electron chi connectivity index (χ4n) is 6.95. The highest BCUT2D eigenvalue weighted by atomic mass is 16.3. The standard InChI is InChI=1S/C59H97NO3/c1-3-5-7-9-11-13-15-17-19-21-23-25-26-27-28-29-30-31-32-33-34-35-37-39-41-43-45-47-49-51-53-55-59(63)60-57(56-61)58(62)54-52-50-48-46-44-42-40-38-36-24-22-20-18-16-14-12-10-8-6-4-2/h5,7,11,13,17,19,23,25,27-28,30-31,33-34,37,39,43-46,52,54,57-58,61-62H,3-4,6,8-10,12,14-16,18,20-22,24,26,29,32,35-36,38,40-42,47-51,53,55-56H2,1-2H3,(H,60,63)/b7-5-,13-11-,19-17-,25-23-,28-27-,31-30-,34-33-,39-37-,45-43-,46-44+,54-52+. The Morgan fingerprint density at radius 2 is 0.714 bits per heavy atom. The second-order valence-electron chi connectivity index (χ2n) is 16.8. The molecule has 3 N–H and O–H groups in total. The predicted octanol–water partition coefficient (Wildman–Crippen LogP) is 17.1. The first-order valence-electron chi connectivity index (χ1n) is 25.9. The van der Waals surface area contributed by atoms with Crippen molar-refractivity contribution in [3.8, 4) is 0 Å². The summed E-state index contributed by atoms with van der Waals surface area (Å²) in [6.07, 6.45) is 83.0. The molecule has 2 unspecified atom stereocenters. The van der Waals surface area contributed by atoms with Crippen LogP contribution in [0.5, 0.6) is 0 Å². The smallest absolute Gasteiger partial charge is 0.220 e. The highest BCUT2D eigenvalue weighted by Crippen LogP contribution is 2.14. The lowest BCUT2D eigenvalue weighted by Gasteiger charge is -2.19. The second kappa shape index (κ2) is 52.9. The van der Waals surface area contributed by atoms with Gasteiger partial charge in [-0.3, -0.25) is 4.79 Å². The lowest BCUT2D eigenvalue weighted by molar-refractivity contribution is -0.123. The van der Waals surface area contributed by atoms with Crippen LogP contribution in [0, 0.1) is 0 Å². The van der Waals surface area contributed by atoms with Gasteiger partial charge in [-0.05, 0) is 103 Å². The van der Waals surface area contributed by atoms with Crippen LogP contribution in [0.1, 0.15) is 213 Å². The van der Waals surface area contributed by atoms with E-state index < -0.39 is 12.1 Å². The quantitative estimate of drug-likeness (QED) is 0.0422. The van der Waals surface area contributed by atoms with Crippen molar-refractivity contribution in [1.29, 1.82) is 0 Å². The normalized spacial score (nSPS) is 14.0. The molecule has 0 aliphatic carbocycles. The number of nitrogens with one attached hydrogen (secondary N) is 1. The van der Waals surface area contributed by atoms with Gasteiger partial charge in [0.15, 0.2) is 0 Å². The van der Waals surface area contributed by atoms with Crippen molar-refractivity contribution in [2.75, 3.05) is 6.61 Å².